The number of carboxylic acid groups (broad SMARTS) is 1. The van der Waals surface area contributed by atoms with Gasteiger partial charge in [0.05, 0.1) is 0 Å². The average molecular weight is 230 g/mol. The number of nitrogens with one attached hydrogen (secondary N) is 2. The van der Waals surface area contributed by atoms with E-state index in [1.807, 2.05) is 0 Å². The average Bonchev–Trinajstić information content (AvgIpc) is 2.22. The Hall–Kier alpha value is -2.65. The fourth-order valence-electron chi connectivity index (χ4n) is 0.0667. The first kappa shape index (κ1) is 19.0. The molecule has 0 aromatic carbocycles. The molecule has 0 rings (SSSR count). The van der Waals surface area contributed by atoms with E-state index >= 15 is 0 Å². The van der Waals surface area contributed by atoms with Crippen LogP contribution in [0.25, 0.3) is 0 Å². The third-order valence-corrected chi connectivity index (χ3v) is 0.614. The third-order valence-electron chi connectivity index (χ3n) is 0.614. The quantitative estimate of drug-likeness (QED) is 0.118. The van der Waals surface area contributed by atoms with Gasteiger partial charge >= 0.3 is 5.97 Å². The second kappa shape index (κ2) is 18.2. The summed E-state index contributed by atoms with van der Waals surface area (Å²) < 4.78 is 0. The first-order valence-corrected chi connectivity index (χ1v) is 3.53. The highest BCUT2D eigenvalue weighted by molar-refractivity contribution is 5.84. The van der Waals surface area contributed by atoms with Gasteiger partial charge in [-0.1, -0.05) is 6.58 Å². The summed E-state index contributed by atoms with van der Waals surface area (Å²) in [6, 6.07) is 0. The molecule has 16 heavy (non-hydrogen) atoms. The molecule has 10 heteroatoms. The number of hydrogen-bond acceptors (Lipinski definition) is 7. The highest BCUT2D eigenvalue weighted by Crippen LogP contribution is 1.81. The molecule has 10 nitrogen and oxygen atoms in total. The Morgan fingerprint density at radius 2 is 1.50 bits per heavy atom. The molecule has 0 heterocycles. The summed E-state index contributed by atoms with van der Waals surface area (Å²) >= 11 is 0. The molecule has 0 aliphatic heterocycles. The minimum absolute atomic E-state index is 0.176. The van der Waals surface area contributed by atoms with Gasteiger partial charge in [0.25, 0.3) is 0 Å². The van der Waals surface area contributed by atoms with Crippen LogP contribution in [0.5, 0.6) is 0 Å². The monoisotopic (exact) mass is 230 g/mol. The predicted molar refractivity (Wildman–Crippen MR) is 58.1 cm³/mol. The molecule has 0 spiro atoms. The van der Waals surface area contributed by atoms with Crippen LogP contribution < -0.4 is 11.7 Å². The molecule has 0 fully saturated rings. The molecular weight excluding hydrogens is 216 g/mol. The van der Waals surface area contributed by atoms with Gasteiger partial charge in [-0.15, -0.1) is 10.2 Å². The minimum Gasteiger partial charge on any atom is -0.478 e. The van der Waals surface area contributed by atoms with Gasteiger partial charge in [0.15, 0.2) is 12.7 Å². The number of nitrogens with two attached hydrogens (primary N) is 2. The van der Waals surface area contributed by atoms with Crippen LogP contribution in [0, 0.1) is 11.1 Å². The molecule has 0 unspecified atom stereocenters. The largest absolute Gasteiger partial charge is 0.478 e. The molecular formula is C6H14N8O2. The maximum Gasteiger partial charge on any atom is 0.330 e. The van der Waals surface area contributed by atoms with Crippen molar-refractivity contribution in [3.8, 4) is 0 Å². The van der Waals surface area contributed by atoms with Gasteiger partial charge in [-0.25, -0.2) is 15.9 Å². The maximum atomic E-state index is 9.60. The molecule has 0 aromatic rings. The molecule has 0 aromatic heterocycles. The summed E-state index contributed by atoms with van der Waals surface area (Å²) in [5, 5.41) is 19.0. The van der Waals surface area contributed by atoms with Crippen molar-refractivity contribution in [1.82, 2.24) is 0 Å². The normalized spacial score (nSPS) is 8.31. The first-order valence-electron chi connectivity index (χ1n) is 3.53. The van der Waals surface area contributed by atoms with Crippen molar-refractivity contribution in [2.75, 3.05) is 0 Å². The van der Waals surface area contributed by atoms with Crippen molar-refractivity contribution < 1.29 is 9.90 Å². The van der Waals surface area contributed by atoms with Gasteiger partial charge in [-0.3, -0.25) is 0 Å². The molecule has 0 amide bonds. The number of carboxylic acids is 1. The van der Waals surface area contributed by atoms with Crippen LogP contribution in [-0.2, 0) is 4.79 Å². The molecule has 0 aliphatic rings. The molecule has 0 atom stereocenters. The van der Waals surface area contributed by atoms with Crippen molar-refractivity contribution in [1.29, 1.82) is 11.1 Å². The summed E-state index contributed by atoms with van der Waals surface area (Å²) in [6.07, 6.45) is 1.89. The van der Waals surface area contributed by atoms with Crippen molar-refractivity contribution in [3.05, 3.63) is 12.2 Å². The number of hydrazone groups is 2. The van der Waals surface area contributed by atoms with E-state index in [0.29, 0.717) is 0 Å². The van der Waals surface area contributed by atoms with Crippen molar-refractivity contribution in [3.63, 3.8) is 0 Å². The number of carbonyl (C=O) groups is 1. The number of hydrogen-bond donors (Lipinski definition) is 5. The van der Waals surface area contributed by atoms with Crippen LogP contribution in [0.1, 0.15) is 6.92 Å². The van der Waals surface area contributed by atoms with Crippen LogP contribution in [0.15, 0.2) is 32.6 Å². The van der Waals surface area contributed by atoms with Gasteiger partial charge in [0.2, 0.25) is 0 Å². The summed E-state index contributed by atoms with van der Waals surface area (Å²) in [6.45, 7) is 4.60. The van der Waals surface area contributed by atoms with Crippen molar-refractivity contribution in [2.45, 2.75) is 6.92 Å². The predicted octanol–water partition coefficient (Wildman–Crippen LogP) is 0.486. The van der Waals surface area contributed by atoms with E-state index in [2.05, 4.69) is 38.7 Å². The fraction of sp³-hybridized carbons (Fsp3) is 0.167. The van der Waals surface area contributed by atoms with Crippen LogP contribution in [0.3, 0.4) is 0 Å². The third kappa shape index (κ3) is 42.5. The lowest BCUT2D eigenvalue weighted by Gasteiger charge is -1.79. The fourth-order valence-corrected chi connectivity index (χ4v) is 0.0667. The number of rotatable bonds is 3. The number of aliphatic carboxylic acids is 1. The van der Waals surface area contributed by atoms with E-state index < -0.39 is 5.97 Å². The lowest BCUT2D eigenvalue weighted by molar-refractivity contribution is -0.132. The van der Waals surface area contributed by atoms with E-state index in [9.17, 15) is 4.79 Å². The SMILES string of the molecule is C=C(C)C(=O)O.N=NC=NN.N=NC=NN. The van der Waals surface area contributed by atoms with Gasteiger partial charge in [0, 0.05) is 5.57 Å². The Morgan fingerprint density at radius 3 is 1.50 bits per heavy atom. The summed E-state index contributed by atoms with van der Waals surface area (Å²) in [4.78, 5) is 9.60. The molecule has 0 aliphatic carbocycles. The smallest absolute Gasteiger partial charge is 0.330 e. The summed E-state index contributed by atoms with van der Waals surface area (Å²) in [5.74, 6) is 8.05. The van der Waals surface area contributed by atoms with Crippen LogP contribution >= 0.6 is 0 Å². The molecule has 90 valence electrons. The van der Waals surface area contributed by atoms with Crippen LogP contribution in [0.2, 0.25) is 0 Å². The molecule has 7 N–H and O–H groups in total. The van der Waals surface area contributed by atoms with Gasteiger partial charge in [0.1, 0.15) is 0 Å². The lowest BCUT2D eigenvalue weighted by Crippen LogP contribution is -1.92. The van der Waals surface area contributed by atoms with Gasteiger partial charge in [-0.05, 0) is 6.92 Å². The first-order chi connectivity index (χ1) is 7.47. The van der Waals surface area contributed by atoms with Crippen molar-refractivity contribution >= 4 is 18.6 Å². The zero-order valence-electron chi connectivity index (χ0n) is 8.66. The maximum absolute atomic E-state index is 9.60. The summed E-state index contributed by atoms with van der Waals surface area (Å²) in [7, 11) is 0. The molecule has 0 saturated heterocycles. The highest BCUT2D eigenvalue weighted by Gasteiger charge is 1.90. The Morgan fingerprint density at radius 1 is 1.25 bits per heavy atom. The summed E-state index contributed by atoms with van der Waals surface area (Å²) in [5.41, 5.74) is 12.2. The standard InChI is InChI=1S/C4H6O2.2CH4N4/c1-3(2)4(5)6;2*2-4-1-5-3/h1H2,2H3,(H,5,6);2*1-2H,3H2. The van der Waals surface area contributed by atoms with E-state index in [0.717, 1.165) is 12.7 Å². The Kier molecular flexibility index (Phi) is 21.6. The van der Waals surface area contributed by atoms with Gasteiger partial charge in [-0.2, -0.15) is 10.2 Å². The second-order valence-corrected chi connectivity index (χ2v) is 1.87. The molecule has 0 saturated carbocycles. The van der Waals surface area contributed by atoms with Crippen molar-refractivity contribution in [2.24, 2.45) is 32.1 Å². The Bertz CT molecular complexity index is 244. The minimum atomic E-state index is -0.935. The Labute approximate surface area is 91.7 Å². The van der Waals surface area contributed by atoms with E-state index in [1.165, 1.54) is 6.92 Å². The zero-order valence-corrected chi connectivity index (χ0v) is 8.66. The van der Waals surface area contributed by atoms with E-state index in [1.54, 1.807) is 0 Å². The zero-order chi connectivity index (χ0) is 13.4. The number of nitrogens with zero attached hydrogens (tertiary/aromatic N) is 4. The lowest BCUT2D eigenvalue weighted by atomic mass is 10.4. The topological polar surface area (TPSA) is 186 Å². The molecule has 0 radical (unpaired) electrons. The highest BCUT2D eigenvalue weighted by atomic mass is 16.4. The van der Waals surface area contributed by atoms with Crippen LogP contribution in [0.4, 0.5) is 0 Å². The van der Waals surface area contributed by atoms with E-state index in [4.69, 9.17) is 16.2 Å². The second-order valence-electron chi connectivity index (χ2n) is 1.87. The van der Waals surface area contributed by atoms with E-state index in [-0.39, 0.29) is 5.57 Å². The Balaban J connectivity index is -0.000000160. The van der Waals surface area contributed by atoms with Gasteiger partial charge < -0.3 is 16.8 Å². The molecule has 0 bridgehead atoms. The van der Waals surface area contributed by atoms with Crippen LogP contribution in [-0.4, -0.2) is 23.8 Å².